The van der Waals surface area contributed by atoms with Gasteiger partial charge in [0.25, 0.3) is 0 Å². The molecule has 6 nitrogen and oxygen atoms in total. The summed E-state index contributed by atoms with van der Waals surface area (Å²) in [6, 6.07) is 9.04. The molecule has 1 atom stereocenters. The number of piperidine rings is 1. The van der Waals surface area contributed by atoms with E-state index < -0.39 is 0 Å². The third-order valence-corrected chi connectivity index (χ3v) is 5.35. The Bertz CT molecular complexity index is 643. The summed E-state index contributed by atoms with van der Waals surface area (Å²) >= 11 is 0. The molecule has 0 spiro atoms. The van der Waals surface area contributed by atoms with Crippen molar-refractivity contribution in [2.75, 3.05) is 44.2 Å². The monoisotopic (exact) mass is 499 g/mol. The lowest BCUT2D eigenvalue weighted by atomic mass is 10.1. The second-order valence-corrected chi connectivity index (χ2v) is 7.55. The molecule has 156 valence electrons. The molecule has 3 rings (SSSR count). The summed E-state index contributed by atoms with van der Waals surface area (Å²) in [7, 11) is 0. The average molecular weight is 499 g/mol. The topological polar surface area (TPSA) is 60.0 Å². The van der Waals surface area contributed by atoms with E-state index in [2.05, 4.69) is 58.6 Å². The summed E-state index contributed by atoms with van der Waals surface area (Å²) in [5.41, 5.74) is 2.56. The quantitative estimate of drug-likeness (QED) is 0.372. The molecule has 2 aliphatic rings. The minimum atomic E-state index is 0. The normalized spacial score (nSPS) is 19.9. The number of hydrogen-bond acceptors (Lipinski definition) is 3. The molecular formula is C21H34IN5O. The third-order valence-electron chi connectivity index (χ3n) is 5.35. The first-order valence-corrected chi connectivity index (χ1v) is 10.3. The van der Waals surface area contributed by atoms with Crippen molar-refractivity contribution in [2.24, 2.45) is 4.99 Å². The number of carbonyl (C=O) groups excluding carboxylic acids is 1. The fourth-order valence-corrected chi connectivity index (χ4v) is 3.77. The molecule has 7 heteroatoms. The Balaban J connectivity index is 0.00000280. The number of likely N-dealkylation sites (tertiary alicyclic amines) is 1. The van der Waals surface area contributed by atoms with Gasteiger partial charge in [0.2, 0.25) is 5.91 Å². The van der Waals surface area contributed by atoms with Crippen LogP contribution in [0.15, 0.2) is 29.3 Å². The van der Waals surface area contributed by atoms with Crippen molar-refractivity contribution < 1.29 is 4.79 Å². The lowest BCUT2D eigenvalue weighted by Gasteiger charge is -2.26. The van der Waals surface area contributed by atoms with Crippen molar-refractivity contribution in [1.29, 1.82) is 0 Å². The van der Waals surface area contributed by atoms with Gasteiger partial charge in [-0.2, -0.15) is 0 Å². The number of rotatable bonds is 5. The molecular weight excluding hydrogens is 465 g/mol. The number of amides is 1. The van der Waals surface area contributed by atoms with Gasteiger partial charge in [-0.1, -0.05) is 17.7 Å². The van der Waals surface area contributed by atoms with E-state index in [0.29, 0.717) is 6.04 Å². The summed E-state index contributed by atoms with van der Waals surface area (Å²) in [5.74, 6) is 0.887. The van der Waals surface area contributed by atoms with Crippen LogP contribution in [-0.4, -0.2) is 62.1 Å². The minimum absolute atomic E-state index is 0. The van der Waals surface area contributed by atoms with Gasteiger partial charge in [-0.25, -0.2) is 4.99 Å². The van der Waals surface area contributed by atoms with Crippen LogP contribution < -0.4 is 15.5 Å². The number of nitrogens with zero attached hydrogens (tertiary/aromatic N) is 3. The molecule has 0 aromatic heterocycles. The number of aliphatic imine (C=N–C) groups is 1. The second kappa shape index (κ2) is 11.5. The van der Waals surface area contributed by atoms with Crippen LogP contribution in [0.2, 0.25) is 0 Å². The Kier molecular flexibility index (Phi) is 9.34. The molecule has 1 amide bonds. The Hall–Kier alpha value is -1.51. The van der Waals surface area contributed by atoms with E-state index in [1.54, 1.807) is 0 Å². The molecule has 0 aliphatic carbocycles. The summed E-state index contributed by atoms with van der Waals surface area (Å²) in [6.45, 7) is 8.93. The number of carbonyl (C=O) groups is 1. The van der Waals surface area contributed by atoms with Crippen LogP contribution in [0.5, 0.6) is 0 Å². The molecule has 1 aromatic carbocycles. The minimum Gasteiger partial charge on any atom is -0.369 e. The number of nitrogens with one attached hydrogen (secondary N) is 2. The summed E-state index contributed by atoms with van der Waals surface area (Å²) < 4.78 is 0. The van der Waals surface area contributed by atoms with Crippen LogP contribution in [0.4, 0.5) is 5.69 Å². The molecule has 1 aromatic rings. The van der Waals surface area contributed by atoms with E-state index in [1.165, 1.54) is 17.7 Å². The zero-order valence-electron chi connectivity index (χ0n) is 17.1. The predicted molar refractivity (Wildman–Crippen MR) is 127 cm³/mol. The number of anilines is 1. The Morgan fingerprint density at radius 2 is 1.86 bits per heavy atom. The zero-order chi connectivity index (χ0) is 19.1. The molecule has 28 heavy (non-hydrogen) atoms. The van der Waals surface area contributed by atoms with Gasteiger partial charge in [-0.3, -0.25) is 4.79 Å². The maximum absolute atomic E-state index is 12.4. The molecule has 0 saturated carbocycles. The van der Waals surface area contributed by atoms with E-state index in [1.807, 2.05) is 4.90 Å². The summed E-state index contributed by atoms with van der Waals surface area (Å²) in [4.78, 5) is 21.3. The first kappa shape index (κ1) is 22.8. The smallest absolute Gasteiger partial charge is 0.244 e. The van der Waals surface area contributed by atoms with Gasteiger partial charge in [0, 0.05) is 44.5 Å². The number of guanidine groups is 1. The Labute approximate surface area is 186 Å². The molecule has 0 radical (unpaired) electrons. The highest BCUT2D eigenvalue weighted by molar-refractivity contribution is 14.0. The van der Waals surface area contributed by atoms with Gasteiger partial charge in [0.05, 0.1) is 0 Å². The van der Waals surface area contributed by atoms with Gasteiger partial charge in [0.1, 0.15) is 6.54 Å². The first-order valence-electron chi connectivity index (χ1n) is 10.3. The van der Waals surface area contributed by atoms with E-state index in [4.69, 9.17) is 0 Å². The molecule has 1 unspecified atom stereocenters. The Morgan fingerprint density at radius 1 is 1.14 bits per heavy atom. The highest BCUT2D eigenvalue weighted by Gasteiger charge is 2.23. The van der Waals surface area contributed by atoms with Crippen LogP contribution in [0, 0.1) is 6.92 Å². The van der Waals surface area contributed by atoms with Crippen molar-refractivity contribution in [3.63, 3.8) is 0 Å². The average Bonchev–Trinajstić information content (AvgIpc) is 3.16. The van der Waals surface area contributed by atoms with Crippen molar-refractivity contribution in [3.05, 3.63) is 29.8 Å². The van der Waals surface area contributed by atoms with Gasteiger partial charge in [-0.05, 0) is 51.7 Å². The van der Waals surface area contributed by atoms with E-state index in [0.717, 1.165) is 57.9 Å². The maximum atomic E-state index is 12.4. The van der Waals surface area contributed by atoms with Crippen LogP contribution in [0.3, 0.4) is 0 Å². The van der Waals surface area contributed by atoms with Crippen LogP contribution in [-0.2, 0) is 4.79 Å². The third kappa shape index (κ3) is 6.53. The second-order valence-electron chi connectivity index (χ2n) is 7.55. The van der Waals surface area contributed by atoms with Gasteiger partial charge < -0.3 is 20.4 Å². The fourth-order valence-electron chi connectivity index (χ4n) is 3.77. The lowest BCUT2D eigenvalue weighted by Crippen LogP contribution is -2.45. The van der Waals surface area contributed by atoms with Crippen LogP contribution >= 0.6 is 24.0 Å². The molecule has 2 aliphatic heterocycles. The SMILES string of the molecule is CCNC(=NCC(=O)N1CCCCC1)NC1CCN(c2ccc(C)cc2)C1.I. The number of hydrogen-bond donors (Lipinski definition) is 2. The van der Waals surface area contributed by atoms with Crippen molar-refractivity contribution in [1.82, 2.24) is 15.5 Å². The van der Waals surface area contributed by atoms with Crippen LogP contribution in [0.1, 0.15) is 38.2 Å². The molecule has 0 bridgehead atoms. The standard InChI is InChI=1S/C21H33N5O.HI/c1-3-22-21(23-15-20(27)25-12-5-4-6-13-25)24-18-11-14-26(16-18)19-9-7-17(2)8-10-19;/h7-10,18H,3-6,11-16H2,1-2H3,(H2,22,23,24);1H. The van der Waals surface area contributed by atoms with Crippen molar-refractivity contribution in [3.8, 4) is 0 Å². The van der Waals surface area contributed by atoms with E-state index >= 15 is 0 Å². The summed E-state index contributed by atoms with van der Waals surface area (Å²) in [6.07, 6.45) is 4.53. The number of aryl methyl sites for hydroxylation is 1. The van der Waals surface area contributed by atoms with E-state index in [9.17, 15) is 4.79 Å². The first-order chi connectivity index (χ1) is 13.2. The van der Waals surface area contributed by atoms with Crippen molar-refractivity contribution in [2.45, 2.75) is 45.6 Å². The zero-order valence-corrected chi connectivity index (χ0v) is 19.4. The Morgan fingerprint density at radius 3 is 2.54 bits per heavy atom. The number of benzene rings is 1. The van der Waals surface area contributed by atoms with Crippen molar-refractivity contribution >= 4 is 41.5 Å². The number of halogens is 1. The highest BCUT2D eigenvalue weighted by Crippen LogP contribution is 2.20. The van der Waals surface area contributed by atoms with Gasteiger partial charge in [0.15, 0.2) is 5.96 Å². The molecule has 2 N–H and O–H groups in total. The van der Waals surface area contributed by atoms with Crippen LogP contribution in [0.25, 0.3) is 0 Å². The molecule has 2 heterocycles. The molecule has 2 fully saturated rings. The lowest BCUT2D eigenvalue weighted by molar-refractivity contribution is -0.130. The predicted octanol–water partition coefficient (Wildman–Crippen LogP) is 2.76. The highest BCUT2D eigenvalue weighted by atomic mass is 127. The maximum Gasteiger partial charge on any atom is 0.244 e. The van der Waals surface area contributed by atoms with Gasteiger partial charge >= 0.3 is 0 Å². The van der Waals surface area contributed by atoms with E-state index in [-0.39, 0.29) is 36.4 Å². The van der Waals surface area contributed by atoms with Gasteiger partial charge in [-0.15, -0.1) is 24.0 Å². The summed E-state index contributed by atoms with van der Waals surface area (Å²) in [5, 5.41) is 6.79. The fraction of sp³-hybridized carbons (Fsp3) is 0.619. The largest absolute Gasteiger partial charge is 0.369 e. The molecule has 2 saturated heterocycles.